The summed E-state index contributed by atoms with van der Waals surface area (Å²) >= 11 is 5.93. The number of halogens is 1. The van der Waals surface area contributed by atoms with Crippen LogP contribution < -0.4 is 14.5 Å². The monoisotopic (exact) mass is 470 g/mol. The Morgan fingerprint density at radius 2 is 1.56 bits per heavy atom. The van der Waals surface area contributed by atoms with Gasteiger partial charge in [0.15, 0.2) is 0 Å². The number of oxazole rings is 1. The van der Waals surface area contributed by atoms with Crippen LogP contribution in [-0.4, -0.2) is 31.2 Å². The molecule has 0 unspecified atom stereocenters. The van der Waals surface area contributed by atoms with Gasteiger partial charge in [-0.2, -0.15) is 10.2 Å². The fourth-order valence-corrected chi connectivity index (χ4v) is 4.10. The molecule has 34 heavy (non-hydrogen) atoms. The van der Waals surface area contributed by atoms with Gasteiger partial charge >= 0.3 is 0 Å². The highest BCUT2D eigenvalue weighted by Gasteiger charge is 2.24. The average Bonchev–Trinajstić information content (AvgIpc) is 3.34. The van der Waals surface area contributed by atoms with Gasteiger partial charge in [-0.15, -0.1) is 0 Å². The van der Waals surface area contributed by atoms with Gasteiger partial charge in [0.05, 0.1) is 0 Å². The third-order valence-corrected chi connectivity index (χ3v) is 6.08. The van der Waals surface area contributed by atoms with Crippen molar-refractivity contribution < 1.29 is 9.15 Å². The molecule has 0 aliphatic carbocycles. The maximum atomic E-state index is 9.64. The zero-order valence-corrected chi connectivity index (χ0v) is 19.3. The first kappa shape index (κ1) is 21.9. The Morgan fingerprint density at radius 1 is 0.882 bits per heavy atom. The summed E-state index contributed by atoms with van der Waals surface area (Å²) in [5.74, 6) is 1.71. The molecule has 3 aromatic carbocycles. The number of anilines is 2. The maximum Gasteiger partial charge on any atom is 0.235 e. The normalized spacial score (nSPS) is 13.5. The lowest BCUT2D eigenvalue weighted by molar-refractivity contribution is 0.306. The van der Waals surface area contributed by atoms with Crippen molar-refractivity contribution in [3.63, 3.8) is 0 Å². The minimum absolute atomic E-state index is 0.311. The highest BCUT2D eigenvalue weighted by molar-refractivity contribution is 6.30. The third-order valence-electron chi connectivity index (χ3n) is 5.82. The van der Waals surface area contributed by atoms with Gasteiger partial charge < -0.3 is 19.0 Å². The van der Waals surface area contributed by atoms with Gasteiger partial charge in [-0.3, -0.25) is 0 Å². The van der Waals surface area contributed by atoms with Gasteiger partial charge in [0, 0.05) is 42.5 Å². The molecule has 170 valence electrons. The summed E-state index contributed by atoms with van der Waals surface area (Å²) in [6, 6.07) is 27.6. The van der Waals surface area contributed by atoms with Gasteiger partial charge in [-0.05, 0) is 54.1 Å². The van der Waals surface area contributed by atoms with Gasteiger partial charge in [0.1, 0.15) is 18.4 Å². The van der Waals surface area contributed by atoms with Gasteiger partial charge in [-0.1, -0.05) is 41.9 Å². The fraction of sp³-hybridized carbons (Fsp3) is 0.185. The molecule has 1 fully saturated rings. The highest BCUT2D eigenvalue weighted by atomic mass is 35.5. The van der Waals surface area contributed by atoms with E-state index in [1.165, 1.54) is 5.69 Å². The molecule has 0 bridgehead atoms. The van der Waals surface area contributed by atoms with Crippen LogP contribution in [0.2, 0.25) is 5.02 Å². The van der Waals surface area contributed by atoms with Gasteiger partial charge in [0.25, 0.3) is 0 Å². The number of nitriles is 1. The zero-order valence-electron chi connectivity index (χ0n) is 18.5. The predicted octanol–water partition coefficient (Wildman–Crippen LogP) is 5.77. The Kier molecular flexibility index (Phi) is 6.37. The molecular formula is C27H23ClN4O2. The molecule has 2 heterocycles. The molecule has 1 saturated heterocycles. The van der Waals surface area contributed by atoms with E-state index in [1.807, 2.05) is 66.7 Å². The van der Waals surface area contributed by atoms with E-state index in [0.717, 1.165) is 43.1 Å². The number of hydrogen-bond acceptors (Lipinski definition) is 6. The Balaban J connectivity index is 1.25. The summed E-state index contributed by atoms with van der Waals surface area (Å²) in [5, 5.41) is 10.3. The van der Waals surface area contributed by atoms with Crippen molar-refractivity contribution in [2.45, 2.75) is 6.61 Å². The smallest absolute Gasteiger partial charge is 0.235 e. The quantitative estimate of drug-likeness (QED) is 0.356. The van der Waals surface area contributed by atoms with Crippen molar-refractivity contribution in [1.82, 2.24) is 4.98 Å². The lowest BCUT2D eigenvalue weighted by Crippen LogP contribution is -2.46. The lowest BCUT2D eigenvalue weighted by Gasteiger charge is -2.35. The van der Waals surface area contributed by atoms with Crippen LogP contribution in [0.4, 0.5) is 11.6 Å². The molecule has 0 N–H and O–H groups in total. The van der Waals surface area contributed by atoms with Crippen molar-refractivity contribution >= 4 is 23.2 Å². The van der Waals surface area contributed by atoms with E-state index in [-0.39, 0.29) is 0 Å². The number of rotatable bonds is 6. The van der Waals surface area contributed by atoms with Crippen molar-refractivity contribution in [2.24, 2.45) is 0 Å². The SMILES string of the molecule is N#Cc1nc(-c2ccc(OCc3ccc(Cl)cc3)cc2)oc1N1CCN(c2ccccc2)CC1. The molecule has 1 aromatic heterocycles. The van der Waals surface area contributed by atoms with Crippen molar-refractivity contribution in [3.05, 3.63) is 95.1 Å². The number of benzene rings is 3. The highest BCUT2D eigenvalue weighted by Crippen LogP contribution is 2.30. The average molecular weight is 471 g/mol. The van der Waals surface area contributed by atoms with Crippen LogP contribution in [0.15, 0.2) is 83.3 Å². The van der Waals surface area contributed by atoms with E-state index in [2.05, 4.69) is 33.0 Å². The minimum Gasteiger partial charge on any atom is -0.489 e. The molecule has 4 aromatic rings. The molecule has 0 radical (unpaired) electrons. The van der Waals surface area contributed by atoms with Crippen LogP contribution in [0.1, 0.15) is 11.3 Å². The molecular weight excluding hydrogens is 448 g/mol. The van der Waals surface area contributed by atoms with Crippen molar-refractivity contribution in [3.8, 4) is 23.3 Å². The Hall–Kier alpha value is -3.95. The second-order valence-electron chi connectivity index (χ2n) is 8.03. The molecule has 5 rings (SSSR count). The molecule has 0 amide bonds. The Labute approximate surface area is 203 Å². The van der Waals surface area contributed by atoms with E-state index < -0.39 is 0 Å². The van der Waals surface area contributed by atoms with E-state index in [9.17, 15) is 5.26 Å². The number of piperazine rings is 1. The number of para-hydroxylation sites is 1. The summed E-state index contributed by atoms with van der Waals surface area (Å²) in [5.41, 5.74) is 3.35. The first-order valence-electron chi connectivity index (χ1n) is 11.1. The van der Waals surface area contributed by atoms with Gasteiger partial charge in [-0.25, -0.2) is 0 Å². The van der Waals surface area contributed by atoms with Gasteiger partial charge in [0.2, 0.25) is 17.5 Å². The van der Waals surface area contributed by atoms with Crippen LogP contribution in [0.3, 0.4) is 0 Å². The summed E-state index contributed by atoms with van der Waals surface area (Å²) < 4.78 is 11.9. The largest absolute Gasteiger partial charge is 0.489 e. The first-order chi connectivity index (χ1) is 16.7. The number of hydrogen-bond donors (Lipinski definition) is 0. The second-order valence-corrected chi connectivity index (χ2v) is 8.47. The standard InChI is InChI=1S/C27H23ClN4O2/c28-22-10-6-20(7-11-22)19-33-24-12-8-21(9-13-24)26-30-25(18-29)27(34-26)32-16-14-31(15-17-32)23-4-2-1-3-5-23/h1-13H,14-17,19H2. The topological polar surface area (TPSA) is 65.5 Å². The summed E-state index contributed by atoms with van der Waals surface area (Å²) in [6.45, 7) is 3.67. The van der Waals surface area contributed by atoms with Crippen LogP contribution >= 0.6 is 11.6 Å². The van der Waals surface area contributed by atoms with Crippen molar-refractivity contribution in [2.75, 3.05) is 36.0 Å². The fourth-order valence-electron chi connectivity index (χ4n) is 3.97. The van der Waals surface area contributed by atoms with E-state index in [4.69, 9.17) is 20.8 Å². The first-order valence-corrected chi connectivity index (χ1v) is 11.5. The number of ether oxygens (including phenoxy) is 1. The Bertz CT molecular complexity index is 1270. The second kappa shape index (κ2) is 9.90. The third kappa shape index (κ3) is 4.85. The predicted molar refractivity (Wildman–Crippen MR) is 133 cm³/mol. The van der Waals surface area contributed by atoms with Crippen LogP contribution in [-0.2, 0) is 6.61 Å². The van der Waals surface area contributed by atoms with Crippen molar-refractivity contribution in [1.29, 1.82) is 5.26 Å². The maximum absolute atomic E-state index is 9.64. The number of nitrogens with zero attached hydrogens (tertiary/aromatic N) is 4. The summed E-state index contributed by atoms with van der Waals surface area (Å²) in [4.78, 5) is 8.88. The Morgan fingerprint density at radius 3 is 2.24 bits per heavy atom. The molecule has 7 heteroatoms. The molecule has 1 aliphatic heterocycles. The summed E-state index contributed by atoms with van der Waals surface area (Å²) in [6.07, 6.45) is 0. The minimum atomic E-state index is 0.311. The number of aromatic nitrogens is 1. The van der Waals surface area contributed by atoms with E-state index in [1.54, 1.807) is 0 Å². The van der Waals surface area contributed by atoms with Crippen LogP contribution in [0, 0.1) is 11.3 Å². The molecule has 0 spiro atoms. The lowest BCUT2D eigenvalue weighted by atomic mass is 10.2. The van der Waals surface area contributed by atoms with E-state index in [0.29, 0.717) is 29.1 Å². The molecule has 0 atom stereocenters. The zero-order chi connectivity index (χ0) is 23.3. The van der Waals surface area contributed by atoms with E-state index >= 15 is 0 Å². The molecule has 6 nitrogen and oxygen atoms in total. The summed E-state index contributed by atoms with van der Waals surface area (Å²) in [7, 11) is 0. The van der Waals surface area contributed by atoms with Crippen LogP contribution in [0.25, 0.3) is 11.5 Å². The molecule has 0 saturated carbocycles. The van der Waals surface area contributed by atoms with Crippen LogP contribution in [0.5, 0.6) is 5.75 Å². The molecule has 1 aliphatic rings.